The van der Waals surface area contributed by atoms with Crippen molar-refractivity contribution in [1.29, 1.82) is 0 Å². The molecular formula is C74H74N3O2Pt-. The number of phenols is 1. The number of benzene rings is 8. The van der Waals surface area contributed by atoms with E-state index in [2.05, 4.69) is 272 Å². The molecule has 0 aliphatic rings. The standard InChI is InChI=1S/C74H74N3O2.Pt/c1-70(2,3)51-30-32-63(57(42-51)46-25-20-17-21-26-46)77-64-28-22-27-55(66(64)76-69(77)60-43-54(73(10,11)12)44-61(67(60)78)74(13,14)15)50-37-58-56-31-29-47(49-35-52(71(4,5)6)41-53(36-49)72(7,8)9)40-65(56)79-68(58)59(38-50)62-39-48(33-34-75-62)45-23-18-16-19-24-45;/h16-37,39-44,78H,1-15H3;/q-1;. The molecule has 80 heavy (non-hydrogen) atoms. The third-order valence-electron chi connectivity index (χ3n) is 15.8. The normalized spacial score (nSPS) is 12.6. The Morgan fingerprint density at radius 2 is 1.06 bits per heavy atom. The van der Waals surface area contributed by atoms with Gasteiger partial charge in [-0.15, -0.1) is 17.7 Å². The van der Waals surface area contributed by atoms with Crippen LogP contribution < -0.4 is 0 Å². The molecule has 11 rings (SSSR count). The van der Waals surface area contributed by atoms with Crippen LogP contribution in [0.15, 0.2) is 174 Å². The van der Waals surface area contributed by atoms with Gasteiger partial charge in [0.05, 0.1) is 27.9 Å². The van der Waals surface area contributed by atoms with Crippen molar-refractivity contribution in [2.45, 2.75) is 131 Å². The number of imidazole rings is 1. The maximum absolute atomic E-state index is 12.8. The summed E-state index contributed by atoms with van der Waals surface area (Å²) in [5.74, 6) is 0.886. The molecule has 1 N–H and O–H groups in total. The van der Waals surface area contributed by atoms with Crippen LogP contribution in [-0.4, -0.2) is 19.6 Å². The number of fused-ring (bicyclic) bond motifs is 4. The number of aromatic nitrogens is 3. The molecule has 11 aromatic rings. The maximum atomic E-state index is 12.8. The van der Waals surface area contributed by atoms with Crippen molar-refractivity contribution in [2.24, 2.45) is 0 Å². The first-order chi connectivity index (χ1) is 37.2. The van der Waals surface area contributed by atoms with E-state index in [1.165, 1.54) is 22.3 Å². The van der Waals surface area contributed by atoms with Crippen LogP contribution in [0.5, 0.6) is 5.75 Å². The minimum absolute atomic E-state index is 0. The molecule has 0 aliphatic carbocycles. The zero-order chi connectivity index (χ0) is 56.1. The van der Waals surface area contributed by atoms with Gasteiger partial charge in [-0.05, 0) is 119 Å². The number of hydrogen-bond donors (Lipinski definition) is 1. The van der Waals surface area contributed by atoms with Crippen molar-refractivity contribution in [3.8, 4) is 78.6 Å². The van der Waals surface area contributed by atoms with Crippen LogP contribution in [0.2, 0.25) is 0 Å². The second-order valence-electron chi connectivity index (χ2n) is 26.9. The Balaban J connectivity index is 0.00000720. The topological polar surface area (TPSA) is 64.1 Å². The van der Waals surface area contributed by atoms with Crippen molar-refractivity contribution >= 4 is 33.0 Å². The van der Waals surface area contributed by atoms with E-state index in [0.29, 0.717) is 11.4 Å². The van der Waals surface area contributed by atoms with Gasteiger partial charge in [0.15, 0.2) is 0 Å². The van der Waals surface area contributed by atoms with Crippen LogP contribution in [0.4, 0.5) is 0 Å². The SMILES string of the molecule is CC(C)(C)c1cc(-c2ccc3c(c2)oc2c(-c4cc(-c5ccccc5)ccn4)[c-]c(-c4cccc5c4nc(-c4cc(C(C)(C)C)cc(C(C)(C)C)c4O)n5-c4ccc(C(C)(C)C)cc4-c4ccccc4)cc23)cc(C(C)(C)C)c1.[Pt]. The molecule has 0 unspecified atom stereocenters. The Morgan fingerprint density at radius 1 is 0.463 bits per heavy atom. The van der Waals surface area contributed by atoms with E-state index < -0.39 is 0 Å². The fourth-order valence-corrected chi connectivity index (χ4v) is 11.0. The molecule has 0 aliphatic heterocycles. The van der Waals surface area contributed by atoms with Crippen LogP contribution in [0.1, 0.15) is 132 Å². The van der Waals surface area contributed by atoms with Gasteiger partial charge in [-0.3, -0.25) is 9.55 Å². The quantitative estimate of drug-likeness (QED) is 0.162. The van der Waals surface area contributed by atoms with Gasteiger partial charge in [0, 0.05) is 49.5 Å². The number of pyridine rings is 1. The summed E-state index contributed by atoms with van der Waals surface area (Å²) >= 11 is 0. The van der Waals surface area contributed by atoms with Crippen molar-refractivity contribution in [3.63, 3.8) is 0 Å². The average Bonchev–Trinajstić information content (AvgIpc) is 4.22. The van der Waals surface area contributed by atoms with Gasteiger partial charge < -0.3 is 9.52 Å². The van der Waals surface area contributed by atoms with Crippen molar-refractivity contribution in [1.82, 2.24) is 14.5 Å². The molecular weight excluding hydrogens is 1160 g/mol. The summed E-state index contributed by atoms with van der Waals surface area (Å²) in [7, 11) is 0. The smallest absolute Gasteiger partial charge is 0.148 e. The van der Waals surface area contributed by atoms with E-state index in [-0.39, 0.29) is 53.9 Å². The predicted octanol–water partition coefficient (Wildman–Crippen LogP) is 20.3. The summed E-state index contributed by atoms with van der Waals surface area (Å²) in [6, 6.07) is 62.7. The fraction of sp³-hybridized carbons (Fsp3) is 0.270. The Bertz CT molecular complexity index is 4110. The molecule has 0 saturated heterocycles. The molecule has 0 atom stereocenters. The van der Waals surface area contributed by atoms with E-state index in [4.69, 9.17) is 14.4 Å². The number of para-hydroxylation sites is 1. The Kier molecular flexibility index (Phi) is 14.2. The third kappa shape index (κ3) is 10.5. The van der Waals surface area contributed by atoms with Gasteiger partial charge in [0.25, 0.3) is 0 Å². The molecule has 3 heterocycles. The van der Waals surface area contributed by atoms with Gasteiger partial charge in [-0.25, -0.2) is 4.98 Å². The zero-order valence-electron chi connectivity index (χ0n) is 49.2. The van der Waals surface area contributed by atoms with Gasteiger partial charge >= 0.3 is 0 Å². The zero-order valence-corrected chi connectivity index (χ0v) is 51.5. The van der Waals surface area contributed by atoms with E-state index >= 15 is 0 Å². The molecule has 6 heteroatoms. The number of hydrogen-bond acceptors (Lipinski definition) is 4. The Hall–Kier alpha value is -7.33. The first kappa shape index (κ1) is 56.0. The number of aromatic hydroxyl groups is 1. The summed E-state index contributed by atoms with van der Waals surface area (Å²) < 4.78 is 9.40. The predicted molar refractivity (Wildman–Crippen MR) is 333 cm³/mol. The minimum Gasteiger partial charge on any atom is -0.507 e. The third-order valence-corrected chi connectivity index (χ3v) is 15.8. The molecule has 0 saturated carbocycles. The minimum atomic E-state index is -0.363. The van der Waals surface area contributed by atoms with Crippen LogP contribution in [0.25, 0.3) is 106 Å². The summed E-state index contributed by atoms with van der Waals surface area (Å²) in [6.07, 6.45) is 1.88. The Labute approximate surface area is 488 Å². The van der Waals surface area contributed by atoms with E-state index in [0.717, 1.165) is 100.0 Å². The summed E-state index contributed by atoms with van der Waals surface area (Å²) in [5.41, 5.74) is 19.7. The maximum Gasteiger partial charge on any atom is 0.148 e. The van der Waals surface area contributed by atoms with Gasteiger partial charge in [0.2, 0.25) is 0 Å². The molecule has 5 nitrogen and oxygen atoms in total. The van der Waals surface area contributed by atoms with Crippen molar-refractivity contribution < 1.29 is 30.6 Å². The number of furan rings is 1. The van der Waals surface area contributed by atoms with Crippen LogP contribution in [-0.2, 0) is 48.1 Å². The van der Waals surface area contributed by atoms with E-state index in [9.17, 15) is 5.11 Å². The fourth-order valence-electron chi connectivity index (χ4n) is 11.0. The molecule has 0 amide bonds. The second kappa shape index (κ2) is 20.3. The molecule has 0 radical (unpaired) electrons. The second-order valence-corrected chi connectivity index (χ2v) is 26.9. The van der Waals surface area contributed by atoms with E-state index in [1.807, 2.05) is 12.3 Å². The molecule has 8 aromatic carbocycles. The number of phenolic OH excluding ortho intramolecular Hbond substituents is 1. The first-order valence-corrected chi connectivity index (χ1v) is 27.9. The largest absolute Gasteiger partial charge is 0.507 e. The summed E-state index contributed by atoms with van der Waals surface area (Å²) in [5, 5.41) is 14.7. The monoisotopic (exact) mass is 1230 g/mol. The molecule has 3 aromatic heterocycles. The first-order valence-electron chi connectivity index (χ1n) is 27.9. The van der Waals surface area contributed by atoms with Crippen molar-refractivity contribution in [3.05, 3.63) is 204 Å². The summed E-state index contributed by atoms with van der Waals surface area (Å²) in [6.45, 7) is 33.7. The van der Waals surface area contributed by atoms with Crippen LogP contribution in [0.3, 0.4) is 0 Å². The van der Waals surface area contributed by atoms with Gasteiger partial charge in [-0.2, -0.15) is 0 Å². The molecule has 0 bridgehead atoms. The van der Waals surface area contributed by atoms with Crippen molar-refractivity contribution in [2.75, 3.05) is 0 Å². The number of nitrogens with zero attached hydrogens (tertiary/aromatic N) is 3. The van der Waals surface area contributed by atoms with Gasteiger partial charge in [-0.1, -0.05) is 236 Å². The summed E-state index contributed by atoms with van der Waals surface area (Å²) in [4.78, 5) is 10.8. The average molecular weight is 1230 g/mol. The van der Waals surface area contributed by atoms with E-state index in [1.54, 1.807) is 0 Å². The van der Waals surface area contributed by atoms with Crippen LogP contribution in [0, 0.1) is 6.07 Å². The number of rotatable bonds is 7. The Morgan fingerprint density at radius 3 is 1.69 bits per heavy atom. The van der Waals surface area contributed by atoms with Crippen LogP contribution >= 0.6 is 0 Å². The van der Waals surface area contributed by atoms with Gasteiger partial charge in [0.1, 0.15) is 17.2 Å². The molecule has 408 valence electrons. The molecule has 0 spiro atoms. The molecule has 0 fully saturated rings.